The van der Waals surface area contributed by atoms with E-state index in [9.17, 15) is 9.90 Å². The molecule has 2 saturated heterocycles. The summed E-state index contributed by atoms with van der Waals surface area (Å²) in [5, 5.41) is 11.8. The van der Waals surface area contributed by atoms with Crippen LogP contribution in [0.3, 0.4) is 0 Å². The van der Waals surface area contributed by atoms with Gasteiger partial charge in [-0.25, -0.2) is 4.79 Å². The number of esters is 1. The maximum atomic E-state index is 12.5. The van der Waals surface area contributed by atoms with Gasteiger partial charge in [0.25, 0.3) is 0 Å². The molecule has 0 aliphatic carbocycles. The van der Waals surface area contributed by atoms with Gasteiger partial charge in [0.2, 0.25) is 0 Å². The Hall–Kier alpha value is -2.38. The first-order chi connectivity index (χ1) is 14.5. The van der Waals surface area contributed by atoms with E-state index in [-0.39, 0.29) is 17.9 Å². The van der Waals surface area contributed by atoms with Gasteiger partial charge in [0.1, 0.15) is 11.4 Å². The zero-order chi connectivity index (χ0) is 21.5. The fraction of sp³-hybridized carbons (Fsp3) is 0.565. The van der Waals surface area contributed by atoms with E-state index in [0.717, 1.165) is 36.5 Å². The van der Waals surface area contributed by atoms with E-state index in [2.05, 4.69) is 11.8 Å². The summed E-state index contributed by atoms with van der Waals surface area (Å²) >= 11 is 0. The van der Waals surface area contributed by atoms with E-state index in [4.69, 9.17) is 19.2 Å². The summed E-state index contributed by atoms with van der Waals surface area (Å²) in [7, 11) is 4.56. The van der Waals surface area contributed by atoms with Crippen molar-refractivity contribution < 1.29 is 24.1 Å². The number of piperidine rings is 2. The number of hydrogen-bond donors (Lipinski definition) is 1. The molecule has 1 aromatic rings. The molecule has 4 atom stereocenters. The highest BCUT2D eigenvalue weighted by molar-refractivity contribution is 6.05. The van der Waals surface area contributed by atoms with Crippen LogP contribution in [0.15, 0.2) is 35.0 Å². The van der Waals surface area contributed by atoms with Crippen LogP contribution in [-0.2, 0) is 19.9 Å². The smallest absolute Gasteiger partial charge is 0.337 e. The molecule has 162 valence electrons. The second-order valence-electron chi connectivity index (χ2n) is 8.28. The number of carbonyl (C=O) groups is 1. The number of nitrogens with zero attached hydrogens (tertiary/aromatic N) is 2. The predicted octanol–water partition coefficient (Wildman–Crippen LogP) is 2.79. The molecular formula is C23H30N2O5. The molecule has 1 aromatic carbocycles. The predicted molar refractivity (Wildman–Crippen MR) is 113 cm³/mol. The summed E-state index contributed by atoms with van der Waals surface area (Å²) < 4.78 is 15.8. The summed E-state index contributed by atoms with van der Waals surface area (Å²) in [5.74, 6) is 0.569. The van der Waals surface area contributed by atoms with Gasteiger partial charge in [-0.1, -0.05) is 19.4 Å². The zero-order valence-corrected chi connectivity index (χ0v) is 18.1. The molecule has 3 heterocycles. The maximum Gasteiger partial charge on any atom is 0.337 e. The van der Waals surface area contributed by atoms with Crippen molar-refractivity contribution >= 4 is 17.4 Å². The van der Waals surface area contributed by atoms with E-state index in [1.807, 2.05) is 18.2 Å². The first-order valence-electron chi connectivity index (χ1n) is 10.5. The number of rotatable bonds is 5. The Morgan fingerprint density at radius 2 is 2.17 bits per heavy atom. The average molecular weight is 415 g/mol. The molecule has 0 spiro atoms. The topological polar surface area (TPSA) is 80.6 Å². The molecule has 0 radical (unpaired) electrons. The lowest BCUT2D eigenvalue weighted by molar-refractivity contribution is -0.137. The van der Waals surface area contributed by atoms with Gasteiger partial charge in [0.05, 0.1) is 56.2 Å². The lowest BCUT2D eigenvalue weighted by atomic mass is 9.70. The third kappa shape index (κ3) is 3.11. The van der Waals surface area contributed by atoms with Crippen LogP contribution >= 0.6 is 0 Å². The molecule has 3 aliphatic heterocycles. The average Bonchev–Trinajstić information content (AvgIpc) is 3.09. The molecule has 7 heteroatoms. The van der Waals surface area contributed by atoms with Gasteiger partial charge in [-0.15, -0.1) is 0 Å². The number of hydrogen-bond acceptors (Lipinski definition) is 7. The second-order valence-corrected chi connectivity index (χ2v) is 8.28. The highest BCUT2D eigenvalue weighted by Crippen LogP contribution is 2.51. The highest BCUT2D eigenvalue weighted by atomic mass is 16.5. The largest absolute Gasteiger partial charge is 0.504 e. The van der Waals surface area contributed by atoms with Gasteiger partial charge < -0.3 is 19.3 Å². The lowest BCUT2D eigenvalue weighted by Crippen LogP contribution is -2.60. The third-order valence-corrected chi connectivity index (χ3v) is 6.92. The lowest BCUT2D eigenvalue weighted by Gasteiger charge is -2.50. The number of methoxy groups -OCH3 is 3. The normalized spacial score (nSPS) is 30.6. The fourth-order valence-corrected chi connectivity index (χ4v) is 5.45. The molecule has 1 N–H and O–H groups in total. The van der Waals surface area contributed by atoms with E-state index in [0.29, 0.717) is 30.1 Å². The van der Waals surface area contributed by atoms with Crippen LogP contribution in [0.1, 0.15) is 31.7 Å². The second kappa shape index (κ2) is 8.04. The van der Waals surface area contributed by atoms with Crippen molar-refractivity contribution in [3.05, 3.63) is 35.6 Å². The molecule has 3 aliphatic rings. The first kappa shape index (κ1) is 20.9. The van der Waals surface area contributed by atoms with Crippen molar-refractivity contribution in [1.82, 2.24) is 4.90 Å². The number of aliphatic hydroxyl groups is 1. The molecule has 0 amide bonds. The quantitative estimate of drug-likeness (QED) is 0.453. The Labute approximate surface area is 177 Å². The molecular weight excluding hydrogens is 384 g/mol. The van der Waals surface area contributed by atoms with Crippen LogP contribution in [0.2, 0.25) is 0 Å². The van der Waals surface area contributed by atoms with Crippen LogP contribution in [0.4, 0.5) is 5.69 Å². The number of ether oxygens (including phenoxy) is 3. The van der Waals surface area contributed by atoms with Gasteiger partial charge in [0, 0.05) is 13.1 Å². The minimum Gasteiger partial charge on any atom is -0.504 e. The Balaban J connectivity index is 1.72. The van der Waals surface area contributed by atoms with E-state index in [1.54, 1.807) is 14.2 Å². The monoisotopic (exact) mass is 414 g/mol. The van der Waals surface area contributed by atoms with Crippen molar-refractivity contribution in [3.8, 4) is 5.75 Å². The Bertz CT molecular complexity index is 896. The van der Waals surface area contributed by atoms with Crippen LogP contribution in [0.25, 0.3) is 0 Å². The van der Waals surface area contributed by atoms with Crippen LogP contribution in [-0.4, -0.2) is 62.1 Å². The number of aliphatic imine (C=N–C) groups is 1. The van der Waals surface area contributed by atoms with Gasteiger partial charge >= 0.3 is 5.97 Å². The summed E-state index contributed by atoms with van der Waals surface area (Å²) in [5.41, 5.74) is 1.70. The minimum absolute atomic E-state index is 0.0284. The Morgan fingerprint density at radius 3 is 2.83 bits per heavy atom. The highest BCUT2D eigenvalue weighted by Gasteiger charge is 2.54. The Morgan fingerprint density at radius 1 is 1.37 bits per heavy atom. The van der Waals surface area contributed by atoms with Gasteiger partial charge in [-0.3, -0.25) is 9.89 Å². The van der Waals surface area contributed by atoms with Gasteiger partial charge in [0.15, 0.2) is 0 Å². The molecule has 0 saturated carbocycles. The zero-order valence-electron chi connectivity index (χ0n) is 18.1. The SMILES string of the molecule is CC[C@H]1CN2CC[C@@]3(O)C(=Nc4cccc(OC)c43)[C@@H]2CC1/C(=C\OC)C(=O)OC. The van der Waals surface area contributed by atoms with Crippen molar-refractivity contribution in [1.29, 1.82) is 0 Å². The summed E-state index contributed by atoms with van der Waals surface area (Å²) in [6.45, 7) is 3.75. The number of fused-ring (bicyclic) bond motifs is 5. The van der Waals surface area contributed by atoms with Crippen molar-refractivity contribution in [2.45, 2.75) is 37.8 Å². The van der Waals surface area contributed by atoms with Crippen molar-refractivity contribution in [2.75, 3.05) is 34.4 Å². The van der Waals surface area contributed by atoms with Gasteiger partial charge in [-0.2, -0.15) is 0 Å². The summed E-state index contributed by atoms with van der Waals surface area (Å²) in [4.78, 5) is 19.8. The minimum atomic E-state index is -1.14. The van der Waals surface area contributed by atoms with Crippen LogP contribution in [0.5, 0.6) is 5.75 Å². The van der Waals surface area contributed by atoms with E-state index in [1.165, 1.54) is 13.4 Å². The van der Waals surface area contributed by atoms with E-state index >= 15 is 0 Å². The van der Waals surface area contributed by atoms with Crippen molar-refractivity contribution in [2.24, 2.45) is 16.8 Å². The summed E-state index contributed by atoms with van der Waals surface area (Å²) in [6.07, 6.45) is 3.71. The fourth-order valence-electron chi connectivity index (χ4n) is 5.45. The maximum absolute atomic E-state index is 12.5. The standard InChI is InChI=1S/C23H30N2O5/c1-5-14-12-25-10-9-23(27)20-17(7-6-8-19(20)29-3)24-21(23)18(25)11-15(14)16(13-28-2)22(26)30-4/h6-8,13-15,18,27H,5,9-12H2,1-4H3/b16-13+/t14-,15?,18-,23-/m0/s1. The molecule has 4 rings (SSSR count). The third-order valence-electron chi connectivity index (χ3n) is 6.92. The number of benzene rings is 1. The van der Waals surface area contributed by atoms with Crippen LogP contribution < -0.4 is 4.74 Å². The van der Waals surface area contributed by atoms with Gasteiger partial charge in [-0.05, 0) is 36.8 Å². The van der Waals surface area contributed by atoms with Crippen LogP contribution in [0, 0.1) is 11.8 Å². The van der Waals surface area contributed by atoms with E-state index < -0.39 is 5.60 Å². The first-order valence-corrected chi connectivity index (χ1v) is 10.5. The molecule has 0 bridgehead atoms. The Kier molecular flexibility index (Phi) is 5.59. The molecule has 7 nitrogen and oxygen atoms in total. The molecule has 30 heavy (non-hydrogen) atoms. The molecule has 2 fully saturated rings. The molecule has 0 aromatic heterocycles. The van der Waals surface area contributed by atoms with Crippen molar-refractivity contribution in [3.63, 3.8) is 0 Å². The summed E-state index contributed by atoms with van der Waals surface area (Å²) in [6, 6.07) is 5.63. The number of carbonyl (C=O) groups excluding carboxylic acids is 1. The molecule has 1 unspecified atom stereocenters.